The third kappa shape index (κ3) is 3.41. The van der Waals surface area contributed by atoms with E-state index in [1.807, 2.05) is 0 Å². The summed E-state index contributed by atoms with van der Waals surface area (Å²) in [6, 6.07) is 1.72. The molecular weight excluding hydrogens is 269 g/mol. The molecule has 3 N–H and O–H groups in total. The molecule has 0 saturated carbocycles. The van der Waals surface area contributed by atoms with Crippen molar-refractivity contribution in [2.45, 2.75) is 19.4 Å². The van der Waals surface area contributed by atoms with Gasteiger partial charge in [-0.3, -0.25) is 14.9 Å². The van der Waals surface area contributed by atoms with Crippen LogP contribution in [0.2, 0.25) is 0 Å². The molecule has 1 rings (SSSR count). The van der Waals surface area contributed by atoms with Crippen molar-refractivity contribution in [2.24, 2.45) is 0 Å². The predicted octanol–water partition coefficient (Wildman–Crippen LogP) is 1.16. The molecule has 8 heteroatoms. The smallest absolute Gasteiger partial charge is 0.293 e. The molecule has 0 aliphatic carbocycles. The highest BCUT2D eigenvalue weighted by molar-refractivity contribution is 6.01. The van der Waals surface area contributed by atoms with Gasteiger partial charge in [0, 0.05) is 19.7 Å². The van der Waals surface area contributed by atoms with Crippen LogP contribution in [0, 0.1) is 15.9 Å². The first-order valence-electron chi connectivity index (χ1n) is 5.75. The fourth-order valence-corrected chi connectivity index (χ4v) is 1.80. The van der Waals surface area contributed by atoms with Crippen LogP contribution in [0.25, 0.3) is 0 Å². The minimum atomic E-state index is -1.18. The monoisotopic (exact) mass is 285 g/mol. The molecule has 0 fully saturated rings. The van der Waals surface area contributed by atoms with Crippen LogP contribution >= 0.6 is 0 Å². The number of carbonyl (C=O) groups excluding carboxylic acids is 1. The van der Waals surface area contributed by atoms with E-state index in [1.165, 1.54) is 20.9 Å². The highest BCUT2D eigenvalue weighted by Gasteiger charge is 2.28. The Labute approximate surface area is 114 Å². The Balaban J connectivity index is 3.22. The van der Waals surface area contributed by atoms with Gasteiger partial charge in [0.15, 0.2) is 0 Å². The molecule has 0 heterocycles. The molecule has 0 aromatic heterocycles. The van der Waals surface area contributed by atoms with Crippen LogP contribution in [0.5, 0.6) is 0 Å². The number of carbonyl (C=O) groups is 1. The van der Waals surface area contributed by atoms with Gasteiger partial charge in [0.05, 0.1) is 10.5 Å². The summed E-state index contributed by atoms with van der Waals surface area (Å²) < 4.78 is 13.7. The molecule has 110 valence electrons. The number of nitrogens with zero attached hydrogens (tertiary/aromatic N) is 2. The van der Waals surface area contributed by atoms with Gasteiger partial charge in [-0.1, -0.05) is 0 Å². The van der Waals surface area contributed by atoms with E-state index in [4.69, 9.17) is 5.73 Å². The summed E-state index contributed by atoms with van der Waals surface area (Å²) in [5.74, 6) is -1.77. The molecule has 1 aromatic carbocycles. The number of rotatable bonds is 4. The number of anilines is 1. The molecule has 20 heavy (non-hydrogen) atoms. The molecule has 0 aliphatic rings. The first kappa shape index (κ1) is 15.8. The Morgan fingerprint density at radius 1 is 1.55 bits per heavy atom. The largest absolute Gasteiger partial charge is 0.392 e. The first-order valence-corrected chi connectivity index (χ1v) is 5.75. The van der Waals surface area contributed by atoms with Gasteiger partial charge in [0.25, 0.3) is 11.6 Å². The Hall–Kier alpha value is -2.22. The molecule has 0 aliphatic heterocycles. The van der Waals surface area contributed by atoms with Gasteiger partial charge in [0.2, 0.25) is 0 Å². The topological polar surface area (TPSA) is 110 Å². The minimum Gasteiger partial charge on any atom is -0.392 e. The van der Waals surface area contributed by atoms with E-state index >= 15 is 0 Å². The van der Waals surface area contributed by atoms with Gasteiger partial charge in [0.1, 0.15) is 17.1 Å². The SMILES string of the molecule is CN(CC(C)(C)O)C(=O)c1c(F)ccc([N+](=O)[O-])c1N. The number of hydrogen-bond acceptors (Lipinski definition) is 5. The van der Waals surface area contributed by atoms with Crippen LogP contribution in [-0.2, 0) is 0 Å². The molecule has 0 unspecified atom stereocenters. The normalized spacial score (nSPS) is 11.2. The van der Waals surface area contributed by atoms with E-state index < -0.39 is 39.2 Å². The van der Waals surface area contributed by atoms with Crippen molar-refractivity contribution < 1.29 is 19.2 Å². The van der Waals surface area contributed by atoms with Gasteiger partial charge >= 0.3 is 0 Å². The lowest BCUT2D eigenvalue weighted by molar-refractivity contribution is -0.384. The number of likely N-dealkylation sites (N-methyl/N-ethyl adjacent to an activating group) is 1. The number of hydrogen-bond donors (Lipinski definition) is 2. The van der Waals surface area contributed by atoms with Crippen molar-refractivity contribution in [3.05, 3.63) is 33.6 Å². The van der Waals surface area contributed by atoms with Crippen LogP contribution in [0.3, 0.4) is 0 Å². The number of benzene rings is 1. The summed E-state index contributed by atoms with van der Waals surface area (Å²) in [7, 11) is 1.35. The molecule has 1 amide bonds. The summed E-state index contributed by atoms with van der Waals surface area (Å²) in [6.45, 7) is 2.88. The molecular formula is C12H16FN3O4. The fourth-order valence-electron chi connectivity index (χ4n) is 1.80. The zero-order chi connectivity index (χ0) is 15.7. The third-order valence-corrected chi connectivity index (χ3v) is 2.55. The van der Waals surface area contributed by atoms with E-state index in [9.17, 15) is 24.4 Å². The molecule has 0 spiro atoms. The maximum absolute atomic E-state index is 13.7. The molecule has 0 saturated heterocycles. The lowest BCUT2D eigenvalue weighted by Gasteiger charge is -2.26. The quantitative estimate of drug-likeness (QED) is 0.490. The number of nitrogen functional groups attached to an aromatic ring is 1. The van der Waals surface area contributed by atoms with Crippen molar-refractivity contribution >= 4 is 17.3 Å². The number of nitrogens with two attached hydrogens (primary N) is 1. The van der Waals surface area contributed by atoms with Crippen molar-refractivity contribution in [1.82, 2.24) is 4.90 Å². The standard InChI is InChI=1S/C12H16FN3O4/c1-12(2,18)6-15(3)11(17)9-7(13)4-5-8(10(9)14)16(19)20/h4-5,18H,6,14H2,1-3H3. The van der Waals surface area contributed by atoms with Crippen LogP contribution in [0.15, 0.2) is 12.1 Å². The van der Waals surface area contributed by atoms with Crippen molar-refractivity contribution in [3.63, 3.8) is 0 Å². The molecule has 0 radical (unpaired) electrons. The highest BCUT2D eigenvalue weighted by Crippen LogP contribution is 2.28. The van der Waals surface area contributed by atoms with E-state index in [2.05, 4.69) is 0 Å². The summed E-state index contributed by atoms with van der Waals surface area (Å²) in [6.07, 6.45) is 0. The van der Waals surface area contributed by atoms with E-state index in [-0.39, 0.29) is 6.54 Å². The summed E-state index contributed by atoms with van der Waals surface area (Å²) in [5, 5.41) is 20.4. The second kappa shape index (κ2) is 5.41. The second-order valence-electron chi connectivity index (χ2n) is 5.09. The van der Waals surface area contributed by atoms with E-state index in [0.717, 1.165) is 17.0 Å². The predicted molar refractivity (Wildman–Crippen MR) is 70.7 cm³/mol. The molecule has 7 nitrogen and oxygen atoms in total. The number of halogens is 1. The Morgan fingerprint density at radius 3 is 2.55 bits per heavy atom. The van der Waals surface area contributed by atoms with Crippen LogP contribution < -0.4 is 5.73 Å². The Kier molecular flexibility index (Phi) is 4.29. The lowest BCUT2D eigenvalue weighted by atomic mass is 10.1. The van der Waals surface area contributed by atoms with Gasteiger partial charge < -0.3 is 15.7 Å². The average molecular weight is 285 g/mol. The zero-order valence-corrected chi connectivity index (χ0v) is 11.4. The first-order chi connectivity index (χ1) is 9.04. The van der Waals surface area contributed by atoms with Gasteiger partial charge in [-0.05, 0) is 19.9 Å². The Morgan fingerprint density at radius 2 is 2.10 bits per heavy atom. The molecule has 0 atom stereocenters. The minimum absolute atomic E-state index is 0.0760. The second-order valence-corrected chi connectivity index (χ2v) is 5.09. The molecule has 0 bridgehead atoms. The lowest BCUT2D eigenvalue weighted by Crippen LogP contribution is -2.40. The number of amides is 1. The zero-order valence-electron chi connectivity index (χ0n) is 11.4. The maximum atomic E-state index is 13.7. The number of nitro groups is 1. The van der Waals surface area contributed by atoms with E-state index in [1.54, 1.807) is 0 Å². The van der Waals surface area contributed by atoms with Crippen molar-refractivity contribution in [2.75, 3.05) is 19.3 Å². The van der Waals surface area contributed by atoms with Crippen LogP contribution in [0.1, 0.15) is 24.2 Å². The maximum Gasteiger partial charge on any atom is 0.293 e. The van der Waals surface area contributed by atoms with Gasteiger partial charge in [-0.2, -0.15) is 0 Å². The summed E-state index contributed by atoms with van der Waals surface area (Å²) in [5.41, 5.74) is 2.69. The molecule has 1 aromatic rings. The third-order valence-electron chi connectivity index (χ3n) is 2.55. The van der Waals surface area contributed by atoms with E-state index in [0.29, 0.717) is 0 Å². The number of aliphatic hydroxyl groups is 1. The van der Waals surface area contributed by atoms with Gasteiger partial charge in [-0.15, -0.1) is 0 Å². The Bertz CT molecular complexity index is 554. The van der Waals surface area contributed by atoms with Crippen LogP contribution in [0.4, 0.5) is 15.8 Å². The number of nitro benzene ring substituents is 1. The van der Waals surface area contributed by atoms with Gasteiger partial charge in [-0.25, -0.2) is 4.39 Å². The van der Waals surface area contributed by atoms with Crippen molar-refractivity contribution in [1.29, 1.82) is 0 Å². The summed E-state index contributed by atoms with van der Waals surface area (Å²) >= 11 is 0. The fraction of sp³-hybridized carbons (Fsp3) is 0.417. The highest BCUT2D eigenvalue weighted by atomic mass is 19.1. The average Bonchev–Trinajstić information content (AvgIpc) is 2.25. The van der Waals surface area contributed by atoms with Crippen molar-refractivity contribution in [3.8, 4) is 0 Å². The summed E-state index contributed by atoms with van der Waals surface area (Å²) in [4.78, 5) is 23.1. The van der Waals surface area contributed by atoms with Crippen LogP contribution in [-0.4, -0.2) is 40.0 Å².